The van der Waals surface area contributed by atoms with Crippen LogP contribution in [0.25, 0.3) is 0 Å². The van der Waals surface area contributed by atoms with Gasteiger partial charge in [-0.15, -0.1) is 0 Å². The number of aliphatic hydroxyl groups is 1. The third-order valence-electron chi connectivity index (χ3n) is 4.91. The van der Waals surface area contributed by atoms with E-state index in [0.29, 0.717) is 13.1 Å². The molecule has 2 aromatic rings. The molecule has 5 nitrogen and oxygen atoms in total. The quantitative estimate of drug-likeness (QED) is 0.671. The van der Waals surface area contributed by atoms with Crippen molar-refractivity contribution in [3.8, 4) is 5.75 Å². The molecule has 0 unspecified atom stereocenters. The second-order valence-corrected chi connectivity index (χ2v) is 7.17. The minimum atomic E-state index is -0.193. The van der Waals surface area contributed by atoms with Gasteiger partial charge in [0, 0.05) is 32.0 Å². The van der Waals surface area contributed by atoms with Gasteiger partial charge in [0.1, 0.15) is 5.75 Å². The molecule has 0 fully saturated rings. The number of carbonyl (C=O) groups excluding carboxylic acids is 1. The average molecular weight is 368 g/mol. The number of aryl methyl sites for hydroxylation is 1. The third-order valence-corrected chi connectivity index (χ3v) is 4.91. The predicted molar refractivity (Wildman–Crippen MR) is 106 cm³/mol. The van der Waals surface area contributed by atoms with E-state index in [1.807, 2.05) is 12.1 Å². The number of aliphatic hydroxyl groups excluding tert-OH is 1. The Morgan fingerprint density at radius 3 is 2.70 bits per heavy atom. The molecule has 2 amide bonds. The lowest BCUT2D eigenvalue weighted by molar-refractivity contribution is 0.214. The number of fused-ring (bicyclic) bond motifs is 1. The molecule has 2 aromatic carbocycles. The monoisotopic (exact) mass is 368 g/mol. The lowest BCUT2D eigenvalue weighted by Crippen LogP contribution is -2.40. The molecule has 1 heterocycles. The maximum atomic E-state index is 12.0. The van der Waals surface area contributed by atoms with E-state index in [1.165, 1.54) is 22.3 Å². The summed E-state index contributed by atoms with van der Waals surface area (Å²) in [6.07, 6.45) is 2.49. The molecule has 27 heavy (non-hydrogen) atoms. The van der Waals surface area contributed by atoms with E-state index in [0.717, 1.165) is 31.6 Å². The molecule has 0 radical (unpaired) electrons. The molecule has 144 valence electrons. The highest BCUT2D eigenvalue weighted by Crippen LogP contribution is 2.25. The zero-order chi connectivity index (χ0) is 19.1. The van der Waals surface area contributed by atoms with Gasteiger partial charge in [-0.3, -0.25) is 0 Å². The van der Waals surface area contributed by atoms with E-state index in [-0.39, 0.29) is 18.6 Å². The van der Waals surface area contributed by atoms with E-state index < -0.39 is 0 Å². The molecule has 3 N–H and O–H groups in total. The van der Waals surface area contributed by atoms with Crippen LogP contribution in [0, 0.1) is 12.8 Å². The number of urea groups is 1. The summed E-state index contributed by atoms with van der Waals surface area (Å²) in [4.78, 5) is 12.0. The summed E-state index contributed by atoms with van der Waals surface area (Å²) in [5, 5.41) is 15.3. The molecule has 3 rings (SSSR count). The van der Waals surface area contributed by atoms with Gasteiger partial charge >= 0.3 is 6.03 Å². The number of benzene rings is 2. The van der Waals surface area contributed by atoms with E-state index in [9.17, 15) is 9.90 Å². The normalized spacial score (nSPS) is 13.6. The van der Waals surface area contributed by atoms with Gasteiger partial charge in [0.05, 0.1) is 6.61 Å². The molecule has 0 saturated carbocycles. The topological polar surface area (TPSA) is 70.6 Å². The molecule has 0 bridgehead atoms. The molecular weight excluding hydrogens is 340 g/mol. The van der Waals surface area contributed by atoms with Crippen LogP contribution in [0.5, 0.6) is 5.75 Å². The molecule has 5 heteroatoms. The molecule has 0 aromatic heterocycles. The van der Waals surface area contributed by atoms with E-state index in [4.69, 9.17) is 4.74 Å². The van der Waals surface area contributed by atoms with Crippen LogP contribution in [0.2, 0.25) is 0 Å². The molecular formula is C22H28N2O3. The van der Waals surface area contributed by atoms with Gasteiger partial charge in [-0.05, 0) is 42.5 Å². The van der Waals surface area contributed by atoms with E-state index in [2.05, 4.69) is 47.9 Å². The Bertz CT molecular complexity index is 759. The first-order valence-corrected chi connectivity index (χ1v) is 9.57. The van der Waals surface area contributed by atoms with Crippen LogP contribution < -0.4 is 15.4 Å². The van der Waals surface area contributed by atoms with E-state index >= 15 is 0 Å². The molecule has 0 aliphatic carbocycles. The Hall–Kier alpha value is -2.53. The Balaban J connectivity index is 1.37. The summed E-state index contributed by atoms with van der Waals surface area (Å²) in [7, 11) is 0. The van der Waals surface area contributed by atoms with Crippen LogP contribution in [-0.4, -0.2) is 37.4 Å². The van der Waals surface area contributed by atoms with Crippen LogP contribution in [-0.2, 0) is 19.3 Å². The van der Waals surface area contributed by atoms with Crippen LogP contribution in [0.15, 0.2) is 42.5 Å². The number of hydrogen-bond acceptors (Lipinski definition) is 3. The second kappa shape index (κ2) is 9.42. The summed E-state index contributed by atoms with van der Waals surface area (Å²) in [6, 6.07) is 14.3. The van der Waals surface area contributed by atoms with Crippen molar-refractivity contribution in [2.24, 2.45) is 5.92 Å². The fourth-order valence-electron chi connectivity index (χ4n) is 3.27. The minimum Gasteiger partial charge on any atom is -0.493 e. The second-order valence-electron chi connectivity index (χ2n) is 7.17. The van der Waals surface area contributed by atoms with Crippen molar-refractivity contribution in [3.05, 3.63) is 64.7 Å². The molecule has 1 aliphatic rings. The highest BCUT2D eigenvalue weighted by Gasteiger charge is 2.13. The van der Waals surface area contributed by atoms with Gasteiger partial charge in [-0.25, -0.2) is 4.79 Å². The number of carbonyl (C=O) groups is 1. The smallest absolute Gasteiger partial charge is 0.314 e. The lowest BCUT2D eigenvalue weighted by atomic mass is 9.99. The van der Waals surface area contributed by atoms with Crippen molar-refractivity contribution in [2.75, 3.05) is 26.3 Å². The third kappa shape index (κ3) is 5.73. The maximum absolute atomic E-state index is 12.0. The van der Waals surface area contributed by atoms with E-state index in [1.54, 1.807) is 0 Å². The Morgan fingerprint density at radius 2 is 1.93 bits per heavy atom. The summed E-state index contributed by atoms with van der Waals surface area (Å²) in [5.74, 6) is 0.989. The van der Waals surface area contributed by atoms with Crippen LogP contribution in [0.1, 0.15) is 22.3 Å². The maximum Gasteiger partial charge on any atom is 0.314 e. The van der Waals surface area contributed by atoms with Gasteiger partial charge in [0.2, 0.25) is 0 Å². The molecule has 0 spiro atoms. The van der Waals surface area contributed by atoms with Gasteiger partial charge in [-0.2, -0.15) is 0 Å². The summed E-state index contributed by atoms with van der Waals surface area (Å²) >= 11 is 0. The van der Waals surface area contributed by atoms with Gasteiger partial charge < -0.3 is 20.5 Å². The van der Waals surface area contributed by atoms with Crippen molar-refractivity contribution in [1.29, 1.82) is 0 Å². The summed E-state index contributed by atoms with van der Waals surface area (Å²) in [6.45, 7) is 3.88. The van der Waals surface area contributed by atoms with Crippen molar-refractivity contribution < 1.29 is 14.6 Å². The summed E-state index contributed by atoms with van der Waals surface area (Å²) < 4.78 is 5.51. The molecule has 1 atom stereocenters. The standard InChI is InChI=1S/C22H28N2O3/c1-16-2-4-17(5-3-16)12-19(15-25)14-24-22(26)23-10-8-18-6-7-21-20(13-18)9-11-27-21/h2-7,13,19,25H,8-12,14-15H2,1H3,(H2,23,24,26)/t19-/m1/s1. The first-order chi connectivity index (χ1) is 13.1. The fraction of sp³-hybridized carbons (Fsp3) is 0.409. The van der Waals surface area contributed by atoms with Crippen molar-refractivity contribution in [3.63, 3.8) is 0 Å². The largest absolute Gasteiger partial charge is 0.493 e. The SMILES string of the molecule is Cc1ccc(C[C@@H](CO)CNC(=O)NCCc2ccc3c(c2)CCO3)cc1. The number of rotatable bonds is 8. The van der Waals surface area contributed by atoms with Crippen molar-refractivity contribution in [1.82, 2.24) is 10.6 Å². The van der Waals surface area contributed by atoms with Crippen molar-refractivity contribution in [2.45, 2.75) is 26.2 Å². The first-order valence-electron chi connectivity index (χ1n) is 9.57. The predicted octanol–water partition coefficient (Wildman–Crippen LogP) is 2.62. The highest BCUT2D eigenvalue weighted by atomic mass is 16.5. The number of nitrogens with one attached hydrogen (secondary N) is 2. The molecule has 0 saturated heterocycles. The fourth-order valence-corrected chi connectivity index (χ4v) is 3.27. The lowest BCUT2D eigenvalue weighted by Gasteiger charge is -2.16. The Morgan fingerprint density at radius 1 is 1.15 bits per heavy atom. The van der Waals surface area contributed by atoms with Gasteiger partial charge in [-0.1, -0.05) is 42.0 Å². The van der Waals surface area contributed by atoms with Crippen molar-refractivity contribution >= 4 is 6.03 Å². The Kier molecular flexibility index (Phi) is 6.71. The molecule has 1 aliphatic heterocycles. The van der Waals surface area contributed by atoms with Crippen LogP contribution in [0.4, 0.5) is 4.79 Å². The average Bonchev–Trinajstić information content (AvgIpc) is 3.14. The number of hydrogen-bond donors (Lipinski definition) is 3. The van der Waals surface area contributed by atoms with Crippen LogP contribution >= 0.6 is 0 Å². The zero-order valence-corrected chi connectivity index (χ0v) is 15.8. The van der Waals surface area contributed by atoms with Crippen LogP contribution in [0.3, 0.4) is 0 Å². The zero-order valence-electron chi connectivity index (χ0n) is 15.8. The number of amides is 2. The van der Waals surface area contributed by atoms with Gasteiger partial charge in [0.15, 0.2) is 0 Å². The Labute approximate surface area is 160 Å². The number of ether oxygens (including phenoxy) is 1. The minimum absolute atomic E-state index is 0.00941. The first kappa shape index (κ1) is 19.2. The van der Waals surface area contributed by atoms with Gasteiger partial charge in [0.25, 0.3) is 0 Å². The summed E-state index contributed by atoms with van der Waals surface area (Å²) in [5.41, 5.74) is 4.83. The highest BCUT2D eigenvalue weighted by molar-refractivity contribution is 5.73.